The maximum atomic E-state index is 12.4. The first kappa shape index (κ1) is 66.6. The first-order valence-electron chi connectivity index (χ1n) is 25.8. The monoisotopic (exact) mass is 1060 g/mol. The molecule has 0 unspecified atom stereocenters. The highest BCUT2D eigenvalue weighted by atomic mass is 31.2. The zero-order chi connectivity index (χ0) is 53.1. The van der Waals surface area contributed by atoms with Crippen LogP contribution in [0, 0.1) is 0 Å². The summed E-state index contributed by atoms with van der Waals surface area (Å²) in [6.07, 6.45) is 7.47. The van der Waals surface area contributed by atoms with Crippen molar-refractivity contribution in [3.05, 3.63) is 0 Å². The Balaban J connectivity index is 1.95. The van der Waals surface area contributed by atoms with Crippen LogP contribution in [0.2, 0.25) is 0 Å². The number of carbonyl (C=O) groups excluding carboxylic acids is 6. The lowest BCUT2D eigenvalue weighted by molar-refractivity contribution is -0.277. The van der Waals surface area contributed by atoms with Gasteiger partial charge in [-0.25, -0.2) is 4.57 Å². The number of ether oxygens (including phenoxy) is 7. The number of hydrogen-bond donors (Lipinski definition) is 9. The minimum absolute atomic E-state index is 0.0515. The van der Waals surface area contributed by atoms with Gasteiger partial charge < -0.3 is 80.2 Å². The molecule has 24 nitrogen and oxygen atoms in total. The van der Waals surface area contributed by atoms with Crippen LogP contribution in [-0.2, 0) is 71.0 Å². The Morgan fingerprint density at radius 2 is 1.00 bits per heavy atom. The highest BCUT2D eigenvalue weighted by molar-refractivity contribution is 7.46. The normalized spacial score (nSPS) is 17.8. The van der Waals surface area contributed by atoms with Gasteiger partial charge in [-0.15, -0.1) is 0 Å². The average molecular weight is 1060 g/mol. The largest absolute Gasteiger partial charge is 0.469 e. The summed E-state index contributed by atoms with van der Waals surface area (Å²) in [5, 5.41) is 21.9. The quantitative estimate of drug-likeness (QED) is 0.0179. The van der Waals surface area contributed by atoms with E-state index in [-0.39, 0.29) is 44.5 Å². The summed E-state index contributed by atoms with van der Waals surface area (Å²) in [5.41, 5.74) is 0. The molecule has 1 aliphatic rings. The standard InChI is InChI=1S/C47H90N7O17P/c1-37(55)54-44-46(70-40(4)58)45(69-39(3)57)41(36-67-38(2)56)71-47(44)66-32-13-8-18-42(59)52-27-15-28-53-43(60)19-34-64-30-12-6-5-9-20-48-23-14-24-50-25-16-31-65-35-29-51-22-11-7-10-21-49-26-17-33-68-72(61,62)63/h41,44-51H,5-36H2,1-4H3,(H,52,59)(H,53,60)(H,54,55)(H2,61,62,63)/t41-,44-,45+,46-,47-/m1/s1. The Morgan fingerprint density at radius 3 is 1.61 bits per heavy atom. The van der Waals surface area contributed by atoms with Gasteiger partial charge in [0.15, 0.2) is 18.5 Å². The van der Waals surface area contributed by atoms with Gasteiger partial charge in [-0.2, -0.15) is 0 Å². The first-order chi connectivity index (χ1) is 34.6. The van der Waals surface area contributed by atoms with Crippen molar-refractivity contribution in [2.45, 2.75) is 155 Å². The highest BCUT2D eigenvalue weighted by Gasteiger charge is 2.51. The summed E-state index contributed by atoms with van der Waals surface area (Å²) in [6.45, 7) is 15.1. The number of hydrogen-bond acceptors (Lipinski definition) is 19. The second-order valence-electron chi connectivity index (χ2n) is 17.4. The number of amides is 3. The molecule has 0 bridgehead atoms. The van der Waals surface area contributed by atoms with Crippen molar-refractivity contribution < 1.29 is 80.8 Å². The Bertz CT molecular complexity index is 1520. The molecule has 1 fully saturated rings. The van der Waals surface area contributed by atoms with E-state index in [0.717, 1.165) is 124 Å². The Labute approximate surface area is 426 Å². The van der Waals surface area contributed by atoms with Crippen LogP contribution in [0.1, 0.15) is 124 Å². The predicted octanol–water partition coefficient (Wildman–Crippen LogP) is 1.24. The second-order valence-corrected chi connectivity index (χ2v) is 18.7. The Hall–Kier alpha value is -3.39. The van der Waals surface area contributed by atoms with E-state index in [9.17, 15) is 33.3 Å². The maximum absolute atomic E-state index is 12.4. The molecule has 3 amide bonds. The van der Waals surface area contributed by atoms with E-state index in [1.165, 1.54) is 13.8 Å². The van der Waals surface area contributed by atoms with Crippen molar-refractivity contribution >= 4 is 43.5 Å². The van der Waals surface area contributed by atoms with Crippen molar-refractivity contribution in [3.8, 4) is 0 Å². The fraction of sp³-hybridized carbons (Fsp3) is 0.872. The maximum Gasteiger partial charge on any atom is 0.469 e. The molecule has 0 radical (unpaired) electrons. The van der Waals surface area contributed by atoms with E-state index in [1.54, 1.807) is 0 Å². The molecule has 1 heterocycles. The second kappa shape index (κ2) is 44.0. The molecule has 0 spiro atoms. The molecule has 5 atom stereocenters. The summed E-state index contributed by atoms with van der Waals surface area (Å²) >= 11 is 0. The van der Waals surface area contributed by atoms with Gasteiger partial charge in [0.1, 0.15) is 18.8 Å². The number of unbranched alkanes of at least 4 members (excludes halogenated alkanes) is 6. The molecule has 0 aromatic carbocycles. The lowest BCUT2D eigenvalue weighted by atomic mass is 9.96. The van der Waals surface area contributed by atoms with Gasteiger partial charge in [0.25, 0.3) is 0 Å². The molecule has 0 saturated carbocycles. The van der Waals surface area contributed by atoms with Gasteiger partial charge in [-0.3, -0.25) is 33.3 Å². The van der Waals surface area contributed by atoms with Gasteiger partial charge >= 0.3 is 25.7 Å². The van der Waals surface area contributed by atoms with Crippen molar-refractivity contribution in [2.75, 3.05) is 112 Å². The zero-order valence-electron chi connectivity index (χ0n) is 43.5. The molecule has 1 rings (SSSR count). The third kappa shape index (κ3) is 40.1. The molecule has 0 aliphatic carbocycles. The van der Waals surface area contributed by atoms with E-state index in [1.807, 2.05) is 0 Å². The number of esters is 3. The summed E-state index contributed by atoms with van der Waals surface area (Å²) in [5.74, 6) is -2.76. The molecular weight excluding hydrogens is 966 g/mol. The summed E-state index contributed by atoms with van der Waals surface area (Å²) in [7, 11) is -4.36. The lowest BCUT2D eigenvalue weighted by Gasteiger charge is -2.44. The number of nitrogens with one attached hydrogen (secondary N) is 7. The fourth-order valence-corrected chi connectivity index (χ4v) is 7.62. The molecule has 9 N–H and O–H groups in total. The van der Waals surface area contributed by atoms with Crippen molar-refractivity contribution in [3.63, 3.8) is 0 Å². The van der Waals surface area contributed by atoms with Gasteiger partial charge in [-0.1, -0.05) is 19.3 Å². The molecule has 0 aromatic rings. The topological polar surface area (TPSA) is 318 Å². The van der Waals surface area contributed by atoms with E-state index in [0.29, 0.717) is 65.1 Å². The van der Waals surface area contributed by atoms with Crippen molar-refractivity contribution in [2.24, 2.45) is 0 Å². The van der Waals surface area contributed by atoms with Crippen LogP contribution in [0.3, 0.4) is 0 Å². The SMILES string of the molecule is CC(=O)N[C@H]1[C@H](OCCCCC(=O)NCCCNC(=O)CCOCCCCCCNCCCNCCCOCCNCCCCCNCCCOP(=O)(O)O)O[C@H](COC(C)=O)[C@H](OC(C)=O)[C@@H]1OC(C)=O. The molecular formula is C47H90N7O17P. The van der Waals surface area contributed by atoms with Gasteiger partial charge in [0.2, 0.25) is 17.7 Å². The molecule has 0 aromatic heterocycles. The van der Waals surface area contributed by atoms with Crippen LogP contribution in [0.25, 0.3) is 0 Å². The van der Waals surface area contributed by atoms with Gasteiger partial charge in [0.05, 0.1) is 19.8 Å². The first-order valence-corrected chi connectivity index (χ1v) is 27.4. The molecule has 420 valence electrons. The highest BCUT2D eigenvalue weighted by Crippen LogP contribution is 2.35. The Kier molecular flexibility index (Phi) is 40.7. The van der Waals surface area contributed by atoms with Crippen LogP contribution < -0.4 is 37.2 Å². The minimum Gasteiger partial charge on any atom is -0.463 e. The summed E-state index contributed by atoms with van der Waals surface area (Å²) in [6, 6.07) is -1.07. The molecule has 72 heavy (non-hydrogen) atoms. The van der Waals surface area contributed by atoms with Crippen LogP contribution >= 0.6 is 7.82 Å². The zero-order valence-corrected chi connectivity index (χ0v) is 44.4. The van der Waals surface area contributed by atoms with Crippen LogP contribution in [0.5, 0.6) is 0 Å². The fourth-order valence-electron chi connectivity index (χ4n) is 7.26. The lowest BCUT2D eigenvalue weighted by Crippen LogP contribution is -2.66. The Morgan fingerprint density at radius 1 is 0.500 bits per heavy atom. The number of carbonyl (C=O) groups is 6. The van der Waals surface area contributed by atoms with E-state index in [4.69, 9.17) is 42.9 Å². The van der Waals surface area contributed by atoms with E-state index >= 15 is 0 Å². The summed E-state index contributed by atoms with van der Waals surface area (Å²) < 4.78 is 54.2. The number of rotatable bonds is 47. The molecule has 1 saturated heterocycles. The number of phosphoric acid groups is 1. The van der Waals surface area contributed by atoms with Gasteiger partial charge in [-0.05, 0) is 110 Å². The smallest absolute Gasteiger partial charge is 0.463 e. The van der Waals surface area contributed by atoms with Crippen molar-refractivity contribution in [1.82, 2.24) is 37.2 Å². The third-order valence-corrected chi connectivity index (χ3v) is 11.3. The van der Waals surface area contributed by atoms with E-state index < -0.39 is 62.3 Å². The summed E-state index contributed by atoms with van der Waals surface area (Å²) in [4.78, 5) is 89.4. The van der Waals surface area contributed by atoms with Gasteiger partial charge in [0, 0.05) is 80.0 Å². The predicted molar refractivity (Wildman–Crippen MR) is 266 cm³/mol. The van der Waals surface area contributed by atoms with E-state index in [2.05, 4.69) is 41.7 Å². The third-order valence-electron chi connectivity index (χ3n) is 10.8. The molecule has 1 aliphatic heterocycles. The average Bonchev–Trinajstić information content (AvgIpc) is 3.30. The number of phosphoric ester groups is 1. The van der Waals surface area contributed by atoms with Crippen molar-refractivity contribution in [1.29, 1.82) is 0 Å². The van der Waals surface area contributed by atoms with Crippen LogP contribution in [0.15, 0.2) is 0 Å². The minimum atomic E-state index is -4.36. The van der Waals surface area contributed by atoms with Crippen LogP contribution in [-0.4, -0.2) is 188 Å². The van der Waals surface area contributed by atoms with Crippen LogP contribution in [0.4, 0.5) is 0 Å². The molecule has 25 heteroatoms.